The van der Waals surface area contributed by atoms with Crippen LogP contribution in [0.5, 0.6) is 0 Å². The Morgan fingerprint density at radius 1 is 1.20 bits per heavy atom. The van der Waals surface area contributed by atoms with E-state index in [4.69, 9.17) is 5.73 Å². The van der Waals surface area contributed by atoms with Crippen LogP contribution >= 0.6 is 0 Å². The second kappa shape index (κ2) is 4.74. The Balaban J connectivity index is 2.55. The van der Waals surface area contributed by atoms with Crippen LogP contribution in [0.15, 0.2) is 46.2 Å². The summed E-state index contributed by atoms with van der Waals surface area (Å²) in [5.41, 5.74) is 3.96. The van der Waals surface area contributed by atoms with Crippen LogP contribution in [0, 0.1) is 10.1 Å². The van der Waals surface area contributed by atoms with Gasteiger partial charge in [-0.2, -0.15) is 8.96 Å². The Morgan fingerprint density at radius 3 is 2.30 bits per heavy atom. The molecule has 104 valence electrons. The molecule has 0 saturated carbocycles. The molecule has 0 amide bonds. The van der Waals surface area contributed by atoms with E-state index in [0.717, 1.165) is 36.5 Å². The van der Waals surface area contributed by atoms with Crippen LogP contribution in [0.3, 0.4) is 0 Å². The van der Waals surface area contributed by atoms with E-state index >= 15 is 0 Å². The molecule has 0 spiro atoms. The van der Waals surface area contributed by atoms with Gasteiger partial charge in [0.2, 0.25) is 0 Å². The first-order valence-corrected chi connectivity index (χ1v) is 6.61. The van der Waals surface area contributed by atoms with Crippen LogP contribution in [-0.4, -0.2) is 22.3 Å². The summed E-state index contributed by atoms with van der Waals surface area (Å²) in [5.74, 6) is -0.106. The fraction of sp³-hybridized carbons (Fsp3) is 0. The predicted molar refractivity (Wildman–Crippen MR) is 68.6 cm³/mol. The second-order valence-electron chi connectivity index (χ2n) is 3.69. The van der Waals surface area contributed by atoms with Crippen molar-refractivity contribution in [3.63, 3.8) is 0 Å². The molecule has 0 fully saturated rings. The van der Waals surface area contributed by atoms with Crippen molar-refractivity contribution in [2.24, 2.45) is 0 Å². The van der Waals surface area contributed by atoms with E-state index in [9.17, 15) is 23.3 Å². The van der Waals surface area contributed by atoms with Gasteiger partial charge >= 0.3 is 5.69 Å². The summed E-state index contributed by atoms with van der Waals surface area (Å²) in [5, 5.41) is 10.5. The van der Waals surface area contributed by atoms with Crippen molar-refractivity contribution in [3.8, 4) is 0 Å². The van der Waals surface area contributed by atoms with Gasteiger partial charge in [-0.25, -0.2) is 13.2 Å². The lowest BCUT2D eigenvalue weighted by atomic mass is 10.3. The minimum Gasteiger partial charge on any atom is -0.383 e. The molecule has 0 aliphatic rings. The summed E-state index contributed by atoms with van der Waals surface area (Å²) >= 11 is 0. The van der Waals surface area contributed by atoms with E-state index in [2.05, 4.69) is 4.98 Å². The molecule has 1 aromatic heterocycles. The summed E-state index contributed by atoms with van der Waals surface area (Å²) in [6.45, 7) is 0. The minimum absolute atomic E-state index is 0.106. The number of nitrogens with two attached hydrogens (primary N) is 1. The van der Waals surface area contributed by atoms with Crippen LogP contribution in [0.2, 0.25) is 0 Å². The standard InChI is InChI=1S/C10H8N4O5S/c11-9-5-6-13(10(15)12-9)20(18,19)8-3-1-7(2-4-8)14(16)17/h1-6H,(H2,11,12,15). The highest BCUT2D eigenvalue weighted by Gasteiger charge is 2.20. The quantitative estimate of drug-likeness (QED) is 0.619. The Labute approximate surface area is 112 Å². The lowest BCUT2D eigenvalue weighted by molar-refractivity contribution is -0.384. The molecular formula is C10H8N4O5S. The summed E-state index contributed by atoms with van der Waals surface area (Å²) < 4.78 is 24.7. The van der Waals surface area contributed by atoms with Gasteiger partial charge < -0.3 is 5.73 Å². The molecule has 1 heterocycles. The summed E-state index contributed by atoms with van der Waals surface area (Å²) in [7, 11) is -4.17. The molecule has 0 saturated heterocycles. The van der Waals surface area contributed by atoms with Crippen LogP contribution < -0.4 is 11.4 Å². The minimum atomic E-state index is -4.17. The van der Waals surface area contributed by atoms with E-state index in [1.54, 1.807) is 0 Å². The van der Waals surface area contributed by atoms with E-state index < -0.39 is 20.6 Å². The normalized spacial score (nSPS) is 11.2. The van der Waals surface area contributed by atoms with Gasteiger partial charge in [-0.1, -0.05) is 0 Å². The predicted octanol–water partition coefficient (Wildman–Crippen LogP) is -0.0293. The molecule has 0 bridgehead atoms. The number of hydrogen-bond acceptors (Lipinski definition) is 7. The smallest absolute Gasteiger partial charge is 0.363 e. The van der Waals surface area contributed by atoms with Crippen molar-refractivity contribution >= 4 is 21.5 Å². The summed E-state index contributed by atoms with van der Waals surface area (Å²) in [4.78, 5) is 24.4. The molecule has 10 heteroatoms. The van der Waals surface area contributed by atoms with Crippen LogP contribution in [0.1, 0.15) is 0 Å². The van der Waals surface area contributed by atoms with Gasteiger partial charge in [0.25, 0.3) is 15.7 Å². The topological polar surface area (TPSA) is 138 Å². The number of rotatable bonds is 3. The second-order valence-corrected chi connectivity index (χ2v) is 5.50. The number of non-ortho nitro benzene ring substituents is 1. The van der Waals surface area contributed by atoms with Crippen LogP contribution in [-0.2, 0) is 10.0 Å². The molecule has 0 unspecified atom stereocenters. The van der Waals surface area contributed by atoms with Gasteiger partial charge in [-0.15, -0.1) is 0 Å². The maximum Gasteiger partial charge on any atom is 0.363 e. The molecule has 0 aliphatic heterocycles. The lowest BCUT2D eigenvalue weighted by Gasteiger charge is -2.06. The summed E-state index contributed by atoms with van der Waals surface area (Å²) in [6, 6.07) is 5.29. The lowest BCUT2D eigenvalue weighted by Crippen LogP contribution is -2.29. The van der Waals surface area contributed by atoms with Gasteiger partial charge in [0, 0.05) is 18.3 Å². The van der Waals surface area contributed by atoms with Crippen molar-refractivity contribution in [2.45, 2.75) is 4.90 Å². The van der Waals surface area contributed by atoms with Crippen LogP contribution in [0.4, 0.5) is 11.5 Å². The molecule has 2 rings (SSSR count). The average Bonchev–Trinajstić information content (AvgIpc) is 2.38. The Hall–Kier alpha value is -2.75. The maximum atomic E-state index is 12.2. The highest BCUT2D eigenvalue weighted by atomic mass is 32.2. The van der Waals surface area contributed by atoms with Crippen molar-refractivity contribution in [2.75, 3.05) is 5.73 Å². The maximum absolute atomic E-state index is 12.2. The third-order valence-electron chi connectivity index (χ3n) is 2.40. The van der Waals surface area contributed by atoms with Crippen molar-refractivity contribution < 1.29 is 13.3 Å². The third kappa shape index (κ3) is 2.36. The fourth-order valence-electron chi connectivity index (χ4n) is 1.44. The zero-order valence-corrected chi connectivity index (χ0v) is 10.6. The molecule has 9 nitrogen and oxygen atoms in total. The highest BCUT2D eigenvalue weighted by molar-refractivity contribution is 7.90. The fourth-order valence-corrected chi connectivity index (χ4v) is 2.62. The first-order valence-electron chi connectivity index (χ1n) is 5.17. The number of nitrogen functional groups attached to an aromatic ring is 1. The number of anilines is 1. The number of benzene rings is 1. The van der Waals surface area contributed by atoms with Crippen molar-refractivity contribution in [1.29, 1.82) is 0 Å². The zero-order valence-electron chi connectivity index (χ0n) is 9.83. The molecule has 20 heavy (non-hydrogen) atoms. The monoisotopic (exact) mass is 296 g/mol. The van der Waals surface area contributed by atoms with E-state index in [1.807, 2.05) is 0 Å². The first kappa shape index (κ1) is 13.7. The highest BCUT2D eigenvalue weighted by Crippen LogP contribution is 2.17. The molecular weight excluding hydrogens is 288 g/mol. The largest absolute Gasteiger partial charge is 0.383 e. The Kier molecular flexibility index (Phi) is 3.24. The zero-order chi connectivity index (χ0) is 14.9. The van der Waals surface area contributed by atoms with Crippen molar-refractivity contribution in [3.05, 3.63) is 57.1 Å². The number of aromatic nitrogens is 2. The first-order chi connectivity index (χ1) is 9.32. The van der Waals surface area contributed by atoms with Gasteiger partial charge in [0.1, 0.15) is 5.82 Å². The molecule has 2 aromatic rings. The van der Waals surface area contributed by atoms with Gasteiger partial charge in [0.15, 0.2) is 0 Å². The molecule has 2 N–H and O–H groups in total. The molecule has 0 aliphatic carbocycles. The van der Waals surface area contributed by atoms with Gasteiger partial charge in [-0.05, 0) is 18.2 Å². The Morgan fingerprint density at radius 2 is 1.80 bits per heavy atom. The Bertz CT molecular complexity index is 825. The van der Waals surface area contributed by atoms with E-state index in [0.29, 0.717) is 3.97 Å². The van der Waals surface area contributed by atoms with Crippen molar-refractivity contribution in [1.82, 2.24) is 8.96 Å². The number of nitro benzene ring substituents is 1. The molecule has 0 radical (unpaired) electrons. The number of nitrogens with zero attached hydrogens (tertiary/aromatic N) is 3. The molecule has 0 atom stereocenters. The van der Waals surface area contributed by atoms with Gasteiger partial charge in [0.05, 0.1) is 9.82 Å². The number of nitro groups is 1. The average molecular weight is 296 g/mol. The summed E-state index contributed by atoms with van der Waals surface area (Å²) in [6.07, 6.45) is 0.974. The third-order valence-corrected chi connectivity index (χ3v) is 4.06. The van der Waals surface area contributed by atoms with E-state index in [-0.39, 0.29) is 16.4 Å². The van der Waals surface area contributed by atoms with Crippen LogP contribution in [0.25, 0.3) is 0 Å². The SMILES string of the molecule is Nc1ccn(S(=O)(=O)c2ccc([N+](=O)[O-])cc2)c(=O)n1. The number of hydrogen-bond donors (Lipinski definition) is 1. The van der Waals surface area contributed by atoms with Gasteiger partial charge in [-0.3, -0.25) is 10.1 Å². The molecule has 1 aromatic carbocycles. The van der Waals surface area contributed by atoms with E-state index in [1.165, 1.54) is 0 Å².